The zero-order chi connectivity index (χ0) is 26.9. The first kappa shape index (κ1) is 30.5. The molecule has 0 bridgehead atoms. The summed E-state index contributed by atoms with van der Waals surface area (Å²) in [5.74, 6) is 0.537. The van der Waals surface area contributed by atoms with Crippen molar-refractivity contribution in [2.75, 3.05) is 67.7 Å². The summed E-state index contributed by atoms with van der Waals surface area (Å²) in [6, 6.07) is 3.61. The van der Waals surface area contributed by atoms with E-state index in [1.807, 2.05) is 7.05 Å². The maximum Gasteiger partial charge on any atom is 0.248 e. The molecule has 1 aromatic carbocycles. The number of methoxy groups -OCH3 is 1. The molecule has 1 saturated carbocycles. The fourth-order valence-electron chi connectivity index (χ4n) is 4.50. The van der Waals surface area contributed by atoms with E-state index in [1.165, 1.54) is 11.4 Å². The van der Waals surface area contributed by atoms with Crippen LogP contribution in [-0.2, 0) is 24.3 Å². The molecule has 206 valence electrons. The summed E-state index contributed by atoms with van der Waals surface area (Å²) < 4.78 is 44.3. The number of carbonyl (C=O) groups is 1. The number of ether oxygens (including phenoxy) is 3. The lowest BCUT2D eigenvalue weighted by molar-refractivity contribution is -0.138. The van der Waals surface area contributed by atoms with Crippen LogP contribution in [-0.4, -0.2) is 108 Å². The van der Waals surface area contributed by atoms with Gasteiger partial charge in [-0.2, -0.15) is 4.31 Å². The van der Waals surface area contributed by atoms with Crippen LogP contribution in [0.5, 0.6) is 5.75 Å². The SMILES string of the molecule is CCN(C)CCOC1CCC(N(C)C(=O)COCCN(C)S(=O)(=O)c2c(C)cc(OC)cc2C)CC1. The third-order valence-corrected chi connectivity index (χ3v) is 9.23. The number of likely N-dealkylation sites (N-methyl/N-ethyl adjacent to an activating group) is 3. The predicted octanol–water partition coefficient (Wildman–Crippen LogP) is 2.69. The summed E-state index contributed by atoms with van der Waals surface area (Å²) in [5, 5.41) is 0. The van der Waals surface area contributed by atoms with E-state index >= 15 is 0 Å². The standard InChI is InChI=1S/C26H45N3O6S/c1-8-27(4)13-16-35-23-11-9-22(10-12-23)29(6)25(30)19-34-15-14-28(5)36(31,32)26-20(2)17-24(33-7)18-21(26)3/h17-18,22-23H,8-16,19H2,1-7H3. The molecule has 0 spiro atoms. The second-order valence-electron chi connectivity index (χ2n) is 9.67. The largest absolute Gasteiger partial charge is 0.497 e. The first-order valence-electron chi connectivity index (χ1n) is 12.8. The van der Waals surface area contributed by atoms with Gasteiger partial charge in [0.05, 0.1) is 31.3 Å². The molecule has 36 heavy (non-hydrogen) atoms. The highest BCUT2D eigenvalue weighted by Gasteiger charge is 2.28. The maximum absolute atomic E-state index is 13.1. The van der Waals surface area contributed by atoms with Gasteiger partial charge < -0.3 is 24.0 Å². The molecular weight excluding hydrogens is 482 g/mol. The van der Waals surface area contributed by atoms with Crippen molar-refractivity contribution in [1.29, 1.82) is 0 Å². The van der Waals surface area contributed by atoms with E-state index in [0.29, 0.717) is 16.9 Å². The van der Waals surface area contributed by atoms with Gasteiger partial charge in [0.25, 0.3) is 0 Å². The van der Waals surface area contributed by atoms with Crippen molar-refractivity contribution < 1.29 is 27.4 Å². The predicted molar refractivity (Wildman–Crippen MR) is 141 cm³/mol. The molecule has 0 saturated heterocycles. The number of hydrogen-bond acceptors (Lipinski definition) is 7. The number of aryl methyl sites for hydroxylation is 2. The normalized spacial score (nSPS) is 18.6. The molecule has 0 aromatic heterocycles. The molecule has 0 N–H and O–H groups in total. The van der Waals surface area contributed by atoms with Gasteiger partial charge in [0.2, 0.25) is 15.9 Å². The van der Waals surface area contributed by atoms with Gasteiger partial charge in [-0.1, -0.05) is 6.92 Å². The highest BCUT2D eigenvalue weighted by Crippen LogP contribution is 2.28. The summed E-state index contributed by atoms with van der Waals surface area (Å²) in [5.41, 5.74) is 1.26. The van der Waals surface area contributed by atoms with Crippen molar-refractivity contribution >= 4 is 15.9 Å². The van der Waals surface area contributed by atoms with Crippen LogP contribution in [0.4, 0.5) is 0 Å². The molecule has 1 aromatic rings. The van der Waals surface area contributed by atoms with Gasteiger partial charge in [-0.25, -0.2) is 8.42 Å². The third-order valence-electron chi connectivity index (χ3n) is 7.07. The fourth-order valence-corrected chi connectivity index (χ4v) is 6.06. The molecule has 0 atom stereocenters. The average molecular weight is 528 g/mol. The quantitative estimate of drug-likeness (QED) is 0.344. The van der Waals surface area contributed by atoms with Crippen molar-refractivity contribution in [3.05, 3.63) is 23.3 Å². The molecule has 9 nitrogen and oxygen atoms in total. The number of rotatable bonds is 14. The first-order valence-corrected chi connectivity index (χ1v) is 14.2. The Morgan fingerprint density at radius 1 is 1.00 bits per heavy atom. The van der Waals surface area contributed by atoms with Gasteiger partial charge in [-0.15, -0.1) is 0 Å². The number of carbonyl (C=O) groups excluding carboxylic acids is 1. The van der Waals surface area contributed by atoms with E-state index in [0.717, 1.165) is 45.4 Å². The van der Waals surface area contributed by atoms with Crippen molar-refractivity contribution in [2.45, 2.75) is 63.5 Å². The van der Waals surface area contributed by atoms with Crippen LogP contribution in [0.15, 0.2) is 17.0 Å². The fraction of sp³-hybridized carbons (Fsp3) is 0.731. The minimum absolute atomic E-state index is 0.0647. The molecule has 0 unspecified atom stereocenters. The Balaban J connectivity index is 1.75. The zero-order valence-corrected chi connectivity index (χ0v) is 23.9. The Labute approximate surface area is 217 Å². The van der Waals surface area contributed by atoms with Crippen molar-refractivity contribution in [2.24, 2.45) is 0 Å². The van der Waals surface area contributed by atoms with E-state index < -0.39 is 10.0 Å². The summed E-state index contributed by atoms with van der Waals surface area (Å²) in [4.78, 5) is 16.9. The van der Waals surface area contributed by atoms with Crippen LogP contribution in [0.25, 0.3) is 0 Å². The summed E-state index contributed by atoms with van der Waals surface area (Å²) >= 11 is 0. The molecule has 0 radical (unpaired) electrons. The van der Waals surface area contributed by atoms with E-state index in [4.69, 9.17) is 14.2 Å². The Bertz CT molecular complexity index is 924. The van der Waals surface area contributed by atoms with Crippen molar-refractivity contribution in [3.63, 3.8) is 0 Å². The van der Waals surface area contributed by atoms with Gasteiger partial charge in [0.1, 0.15) is 12.4 Å². The lowest BCUT2D eigenvalue weighted by atomic mass is 9.92. The number of nitrogens with zero attached hydrogens (tertiary/aromatic N) is 3. The van der Waals surface area contributed by atoms with Gasteiger partial charge in [-0.05, 0) is 76.4 Å². The Kier molecular flexibility index (Phi) is 12.1. The molecule has 0 aliphatic heterocycles. The summed E-state index contributed by atoms with van der Waals surface area (Å²) in [6.45, 7) is 8.55. The Morgan fingerprint density at radius 3 is 2.17 bits per heavy atom. The van der Waals surface area contributed by atoms with Gasteiger partial charge in [0, 0.05) is 33.2 Å². The smallest absolute Gasteiger partial charge is 0.248 e. The monoisotopic (exact) mass is 527 g/mol. The molecule has 10 heteroatoms. The number of sulfonamides is 1. The highest BCUT2D eigenvalue weighted by atomic mass is 32.2. The van der Waals surface area contributed by atoms with Crippen LogP contribution in [0.2, 0.25) is 0 Å². The summed E-state index contributed by atoms with van der Waals surface area (Å²) in [6.07, 6.45) is 4.00. The van der Waals surface area contributed by atoms with Gasteiger partial charge >= 0.3 is 0 Å². The minimum Gasteiger partial charge on any atom is -0.497 e. The molecule has 0 heterocycles. The van der Waals surface area contributed by atoms with Crippen molar-refractivity contribution in [1.82, 2.24) is 14.1 Å². The molecule has 2 rings (SSSR count). The van der Waals surface area contributed by atoms with Crippen LogP contribution in [0, 0.1) is 13.8 Å². The van der Waals surface area contributed by atoms with E-state index in [2.05, 4.69) is 18.9 Å². The Hall–Kier alpha value is -1.72. The molecule has 1 aliphatic rings. The first-order chi connectivity index (χ1) is 17.0. The maximum atomic E-state index is 13.1. The number of benzene rings is 1. The van der Waals surface area contributed by atoms with E-state index in [1.54, 1.807) is 38.0 Å². The second-order valence-corrected chi connectivity index (χ2v) is 11.7. The van der Waals surface area contributed by atoms with Gasteiger partial charge in [-0.3, -0.25) is 4.79 Å². The molecule has 1 fully saturated rings. The van der Waals surface area contributed by atoms with E-state index in [9.17, 15) is 13.2 Å². The second kappa shape index (κ2) is 14.3. The number of amides is 1. The lowest BCUT2D eigenvalue weighted by Crippen LogP contribution is -2.42. The van der Waals surface area contributed by atoms with Crippen LogP contribution < -0.4 is 4.74 Å². The van der Waals surface area contributed by atoms with Crippen LogP contribution >= 0.6 is 0 Å². The van der Waals surface area contributed by atoms with Crippen molar-refractivity contribution in [3.8, 4) is 5.75 Å². The molecule has 1 amide bonds. The average Bonchev–Trinajstić information content (AvgIpc) is 2.85. The zero-order valence-electron chi connectivity index (χ0n) is 23.1. The Morgan fingerprint density at radius 2 is 1.61 bits per heavy atom. The van der Waals surface area contributed by atoms with Gasteiger partial charge in [0.15, 0.2) is 0 Å². The minimum atomic E-state index is -3.69. The van der Waals surface area contributed by atoms with Crippen LogP contribution in [0.1, 0.15) is 43.7 Å². The highest BCUT2D eigenvalue weighted by molar-refractivity contribution is 7.89. The topological polar surface area (TPSA) is 88.6 Å². The van der Waals surface area contributed by atoms with E-state index in [-0.39, 0.29) is 42.7 Å². The third kappa shape index (κ3) is 8.41. The lowest BCUT2D eigenvalue weighted by Gasteiger charge is -2.34. The molecule has 1 aliphatic carbocycles. The van der Waals surface area contributed by atoms with Crippen LogP contribution in [0.3, 0.4) is 0 Å². The molecular formula is C26H45N3O6S. The summed E-state index contributed by atoms with van der Waals surface area (Å²) in [7, 11) is 3.29. The number of hydrogen-bond donors (Lipinski definition) is 0.